The summed E-state index contributed by atoms with van der Waals surface area (Å²) in [5.74, 6) is 0. The number of ether oxygens (including phenoxy) is 3. The predicted molar refractivity (Wildman–Crippen MR) is 41.9 cm³/mol. The Kier molecular flexibility index (Phi) is 3.43. The summed E-state index contributed by atoms with van der Waals surface area (Å²) >= 11 is 0. The average Bonchev–Trinajstić information content (AvgIpc) is 2.29. The molecule has 1 heterocycles. The molecule has 1 fully saturated rings. The normalized spacial score (nSPS) is 42.0. The summed E-state index contributed by atoms with van der Waals surface area (Å²) in [7, 11) is 3.02. The molecule has 1 rings (SSSR count). The molecule has 0 aromatic heterocycles. The maximum absolute atomic E-state index is 13.4. The molecular weight excluding hydrogens is 163 g/mol. The Bertz CT molecular complexity index is 142. The largest absolute Gasteiger partial charge is 0.382 e. The predicted octanol–water partition coefficient (Wildman–Crippen LogP) is 0.773. The summed E-state index contributed by atoms with van der Waals surface area (Å²) in [6.45, 7) is 2.09. The SMILES string of the molecule is COC[C@H]1O[C@@H](C)C(OC)[C@H]1F. The first-order valence-electron chi connectivity index (χ1n) is 4.02. The molecule has 0 aliphatic carbocycles. The highest BCUT2D eigenvalue weighted by Gasteiger charge is 2.42. The Morgan fingerprint density at radius 2 is 2.08 bits per heavy atom. The highest BCUT2D eigenvalue weighted by Crippen LogP contribution is 2.25. The van der Waals surface area contributed by atoms with Crippen molar-refractivity contribution in [1.82, 2.24) is 0 Å². The lowest BCUT2D eigenvalue weighted by atomic mass is 10.1. The Morgan fingerprint density at radius 3 is 2.50 bits per heavy atom. The molecule has 3 nitrogen and oxygen atoms in total. The lowest BCUT2D eigenvalue weighted by Crippen LogP contribution is -2.31. The van der Waals surface area contributed by atoms with Gasteiger partial charge in [0.05, 0.1) is 12.7 Å². The molecule has 1 unspecified atom stereocenters. The van der Waals surface area contributed by atoms with E-state index in [9.17, 15) is 4.39 Å². The molecule has 1 aliphatic rings. The van der Waals surface area contributed by atoms with Crippen molar-refractivity contribution in [2.24, 2.45) is 0 Å². The van der Waals surface area contributed by atoms with Crippen LogP contribution in [0.3, 0.4) is 0 Å². The van der Waals surface area contributed by atoms with Crippen molar-refractivity contribution in [1.29, 1.82) is 0 Å². The second-order valence-electron chi connectivity index (χ2n) is 2.98. The zero-order valence-electron chi connectivity index (χ0n) is 7.62. The van der Waals surface area contributed by atoms with Crippen molar-refractivity contribution in [3.63, 3.8) is 0 Å². The van der Waals surface area contributed by atoms with Gasteiger partial charge in [-0.2, -0.15) is 0 Å². The van der Waals surface area contributed by atoms with E-state index in [0.29, 0.717) is 0 Å². The number of rotatable bonds is 3. The lowest BCUT2D eigenvalue weighted by molar-refractivity contribution is -0.0189. The topological polar surface area (TPSA) is 27.7 Å². The van der Waals surface area contributed by atoms with Gasteiger partial charge < -0.3 is 14.2 Å². The molecule has 0 spiro atoms. The molecule has 0 bridgehead atoms. The number of methoxy groups -OCH3 is 2. The molecule has 0 aromatic rings. The highest BCUT2D eigenvalue weighted by atomic mass is 19.1. The van der Waals surface area contributed by atoms with Gasteiger partial charge in [0.2, 0.25) is 0 Å². The van der Waals surface area contributed by atoms with Crippen LogP contribution in [0.1, 0.15) is 6.92 Å². The molecule has 4 atom stereocenters. The van der Waals surface area contributed by atoms with Gasteiger partial charge in [0.1, 0.15) is 12.2 Å². The monoisotopic (exact) mass is 178 g/mol. The van der Waals surface area contributed by atoms with Gasteiger partial charge in [0.15, 0.2) is 6.17 Å². The standard InChI is InChI=1S/C8H15FO3/c1-5-8(11-3)7(9)6(12-5)4-10-2/h5-8H,4H2,1-3H3/t5-,6+,7-,8?/m0/s1. The van der Waals surface area contributed by atoms with E-state index < -0.39 is 18.4 Å². The number of hydrogen-bond acceptors (Lipinski definition) is 3. The molecule has 0 aromatic carbocycles. The van der Waals surface area contributed by atoms with E-state index in [2.05, 4.69) is 0 Å². The van der Waals surface area contributed by atoms with E-state index in [1.54, 1.807) is 6.92 Å². The number of halogens is 1. The van der Waals surface area contributed by atoms with Crippen LogP contribution in [0.2, 0.25) is 0 Å². The smallest absolute Gasteiger partial charge is 0.157 e. The van der Waals surface area contributed by atoms with Gasteiger partial charge in [-0.05, 0) is 6.92 Å². The average molecular weight is 178 g/mol. The third-order valence-corrected chi connectivity index (χ3v) is 2.12. The summed E-state index contributed by atoms with van der Waals surface area (Å²) < 4.78 is 28.4. The Morgan fingerprint density at radius 1 is 1.42 bits per heavy atom. The molecule has 0 N–H and O–H groups in total. The Labute approximate surface area is 71.8 Å². The van der Waals surface area contributed by atoms with Crippen LogP contribution in [0, 0.1) is 0 Å². The lowest BCUT2D eigenvalue weighted by Gasteiger charge is -2.13. The van der Waals surface area contributed by atoms with Crippen molar-refractivity contribution in [2.75, 3.05) is 20.8 Å². The summed E-state index contributed by atoms with van der Waals surface area (Å²) in [4.78, 5) is 0. The molecular formula is C8H15FO3. The van der Waals surface area contributed by atoms with Gasteiger partial charge in [-0.1, -0.05) is 0 Å². The maximum atomic E-state index is 13.4. The zero-order chi connectivity index (χ0) is 9.14. The van der Waals surface area contributed by atoms with Crippen molar-refractivity contribution in [3.05, 3.63) is 0 Å². The van der Waals surface area contributed by atoms with Crippen molar-refractivity contribution >= 4 is 0 Å². The minimum Gasteiger partial charge on any atom is -0.382 e. The third kappa shape index (κ3) is 1.76. The Hall–Kier alpha value is -0.190. The summed E-state index contributed by atoms with van der Waals surface area (Å²) in [6, 6.07) is 0. The van der Waals surface area contributed by atoms with Crippen LogP contribution in [-0.2, 0) is 14.2 Å². The molecule has 12 heavy (non-hydrogen) atoms. The fraction of sp³-hybridized carbons (Fsp3) is 1.00. The first-order valence-corrected chi connectivity index (χ1v) is 4.02. The molecule has 0 amide bonds. The maximum Gasteiger partial charge on any atom is 0.157 e. The molecule has 1 aliphatic heterocycles. The fourth-order valence-corrected chi connectivity index (χ4v) is 1.52. The first kappa shape index (κ1) is 9.89. The van der Waals surface area contributed by atoms with Crippen molar-refractivity contribution in [2.45, 2.75) is 31.4 Å². The van der Waals surface area contributed by atoms with Crippen LogP contribution >= 0.6 is 0 Å². The highest BCUT2D eigenvalue weighted by molar-refractivity contribution is 4.89. The minimum atomic E-state index is -1.08. The van der Waals surface area contributed by atoms with E-state index in [4.69, 9.17) is 14.2 Å². The molecule has 1 saturated heterocycles. The van der Waals surface area contributed by atoms with Gasteiger partial charge in [0.25, 0.3) is 0 Å². The van der Waals surface area contributed by atoms with E-state index in [1.165, 1.54) is 14.2 Å². The van der Waals surface area contributed by atoms with Gasteiger partial charge in [-0.15, -0.1) is 0 Å². The second kappa shape index (κ2) is 4.16. The van der Waals surface area contributed by atoms with E-state index in [0.717, 1.165) is 0 Å². The van der Waals surface area contributed by atoms with Crippen LogP contribution < -0.4 is 0 Å². The van der Waals surface area contributed by atoms with Gasteiger partial charge >= 0.3 is 0 Å². The molecule has 72 valence electrons. The van der Waals surface area contributed by atoms with Crippen molar-refractivity contribution in [3.8, 4) is 0 Å². The zero-order valence-corrected chi connectivity index (χ0v) is 7.62. The number of alkyl halides is 1. The van der Waals surface area contributed by atoms with E-state index >= 15 is 0 Å². The van der Waals surface area contributed by atoms with Crippen LogP contribution in [0.25, 0.3) is 0 Å². The summed E-state index contributed by atoms with van der Waals surface area (Å²) in [6.07, 6.45) is -2.20. The quantitative estimate of drug-likeness (QED) is 0.639. The fourth-order valence-electron chi connectivity index (χ4n) is 1.52. The third-order valence-electron chi connectivity index (χ3n) is 2.12. The van der Waals surface area contributed by atoms with E-state index in [1.807, 2.05) is 0 Å². The van der Waals surface area contributed by atoms with Crippen LogP contribution in [-0.4, -0.2) is 45.3 Å². The summed E-state index contributed by atoms with van der Waals surface area (Å²) in [5.41, 5.74) is 0. The second-order valence-corrected chi connectivity index (χ2v) is 2.98. The molecule has 0 radical (unpaired) electrons. The Balaban J connectivity index is 2.49. The van der Waals surface area contributed by atoms with Crippen LogP contribution in [0.5, 0.6) is 0 Å². The minimum absolute atomic E-state index is 0.190. The number of hydrogen-bond donors (Lipinski definition) is 0. The van der Waals surface area contributed by atoms with Gasteiger partial charge in [0, 0.05) is 14.2 Å². The van der Waals surface area contributed by atoms with Crippen molar-refractivity contribution < 1.29 is 18.6 Å². The van der Waals surface area contributed by atoms with E-state index in [-0.39, 0.29) is 12.7 Å². The first-order chi connectivity index (χ1) is 5.70. The van der Waals surface area contributed by atoms with Gasteiger partial charge in [-0.3, -0.25) is 0 Å². The van der Waals surface area contributed by atoms with Crippen LogP contribution in [0.4, 0.5) is 4.39 Å². The molecule has 4 heteroatoms. The summed E-state index contributed by atoms with van der Waals surface area (Å²) in [5, 5.41) is 0. The molecule has 0 saturated carbocycles. The van der Waals surface area contributed by atoms with Gasteiger partial charge in [-0.25, -0.2) is 4.39 Å². The van der Waals surface area contributed by atoms with Crippen LogP contribution in [0.15, 0.2) is 0 Å².